The fraction of sp³-hybridized carbons (Fsp3) is 0.455. The summed E-state index contributed by atoms with van der Waals surface area (Å²) in [5.41, 5.74) is 2.90. The van der Waals surface area contributed by atoms with Crippen LogP contribution in [0, 0.1) is 0 Å². The van der Waals surface area contributed by atoms with Crippen molar-refractivity contribution in [2.45, 2.75) is 32.1 Å². The molecule has 0 radical (unpaired) electrons. The van der Waals surface area contributed by atoms with Gasteiger partial charge in [-0.05, 0) is 57.4 Å². The van der Waals surface area contributed by atoms with Gasteiger partial charge in [-0.15, -0.1) is 0 Å². The summed E-state index contributed by atoms with van der Waals surface area (Å²) in [7, 11) is 0. The Morgan fingerprint density at radius 3 is 2.77 bits per heavy atom. The fourth-order valence-corrected chi connectivity index (χ4v) is 2.41. The Balaban J connectivity index is 2.61. The van der Waals surface area contributed by atoms with E-state index < -0.39 is 0 Å². The van der Waals surface area contributed by atoms with Crippen LogP contribution in [0.1, 0.15) is 31.4 Å². The van der Waals surface area contributed by atoms with E-state index in [1.54, 1.807) is 0 Å². The smallest absolute Gasteiger partial charge is 0.130 e. The van der Waals surface area contributed by atoms with E-state index in [0.717, 1.165) is 10.9 Å². The first kappa shape index (κ1) is 9.07. The summed E-state index contributed by atoms with van der Waals surface area (Å²) in [6.45, 7) is 4.46. The highest BCUT2D eigenvalue weighted by Gasteiger charge is 2.30. The molecule has 1 aromatic carbocycles. The zero-order valence-electron chi connectivity index (χ0n) is 7.89. The van der Waals surface area contributed by atoms with Crippen molar-refractivity contribution in [1.82, 2.24) is 0 Å². The summed E-state index contributed by atoms with van der Waals surface area (Å²) in [5.74, 6) is 0.355. The summed E-state index contributed by atoms with van der Waals surface area (Å²) in [6.07, 6.45) is 2.30. The second-order valence-electron chi connectivity index (χ2n) is 4.34. The second-order valence-corrected chi connectivity index (χ2v) is 5.20. The molecule has 0 aromatic heterocycles. The van der Waals surface area contributed by atoms with Crippen LogP contribution in [0.2, 0.25) is 0 Å². The summed E-state index contributed by atoms with van der Waals surface area (Å²) in [6, 6.07) is 3.94. The molecule has 0 bridgehead atoms. The standard InChI is InChI=1S/C11H13BrO/c1-11(2)4-3-7-5-9(12)10(13)6-8(7)11/h5-6,13H,3-4H2,1-2H3. The van der Waals surface area contributed by atoms with E-state index in [1.165, 1.54) is 17.5 Å². The van der Waals surface area contributed by atoms with Crippen LogP contribution in [0.3, 0.4) is 0 Å². The average Bonchev–Trinajstić information content (AvgIpc) is 2.31. The number of aromatic hydroxyl groups is 1. The number of phenolic OH excluding ortho intramolecular Hbond substituents is 1. The Hall–Kier alpha value is -0.500. The van der Waals surface area contributed by atoms with Crippen molar-refractivity contribution in [3.05, 3.63) is 27.7 Å². The molecular formula is C11H13BrO. The van der Waals surface area contributed by atoms with E-state index >= 15 is 0 Å². The van der Waals surface area contributed by atoms with Crippen molar-refractivity contribution in [1.29, 1.82) is 0 Å². The SMILES string of the molecule is CC1(C)CCc2cc(Br)c(O)cc21. The Bertz CT molecular complexity index is 355. The van der Waals surface area contributed by atoms with Gasteiger partial charge in [0.15, 0.2) is 0 Å². The molecule has 2 rings (SSSR count). The first-order valence-electron chi connectivity index (χ1n) is 4.52. The minimum atomic E-state index is 0.230. The Labute approximate surface area is 86.9 Å². The van der Waals surface area contributed by atoms with Gasteiger partial charge in [0.1, 0.15) is 5.75 Å². The molecule has 1 aliphatic rings. The van der Waals surface area contributed by atoms with E-state index in [2.05, 4.69) is 29.8 Å². The van der Waals surface area contributed by atoms with Gasteiger partial charge in [-0.3, -0.25) is 0 Å². The molecule has 2 heteroatoms. The topological polar surface area (TPSA) is 20.2 Å². The Kier molecular flexibility index (Phi) is 1.91. The molecule has 0 fully saturated rings. The lowest BCUT2D eigenvalue weighted by atomic mass is 9.86. The number of fused-ring (bicyclic) bond motifs is 1. The van der Waals surface area contributed by atoms with Crippen LogP contribution >= 0.6 is 15.9 Å². The molecule has 0 amide bonds. The van der Waals surface area contributed by atoms with Gasteiger partial charge >= 0.3 is 0 Å². The molecule has 13 heavy (non-hydrogen) atoms. The van der Waals surface area contributed by atoms with E-state index in [-0.39, 0.29) is 5.41 Å². The number of hydrogen-bond donors (Lipinski definition) is 1. The first-order chi connectivity index (χ1) is 6.00. The third kappa shape index (κ3) is 1.37. The molecule has 0 aliphatic heterocycles. The van der Waals surface area contributed by atoms with Gasteiger partial charge in [0.25, 0.3) is 0 Å². The van der Waals surface area contributed by atoms with Crippen molar-refractivity contribution >= 4 is 15.9 Å². The second kappa shape index (κ2) is 2.74. The van der Waals surface area contributed by atoms with E-state index in [9.17, 15) is 5.11 Å². The largest absolute Gasteiger partial charge is 0.507 e. The lowest BCUT2D eigenvalue weighted by molar-refractivity contribution is 0.466. The van der Waals surface area contributed by atoms with Crippen molar-refractivity contribution < 1.29 is 5.11 Å². The van der Waals surface area contributed by atoms with E-state index in [1.807, 2.05) is 12.1 Å². The number of benzene rings is 1. The average molecular weight is 241 g/mol. The maximum atomic E-state index is 9.57. The zero-order valence-corrected chi connectivity index (χ0v) is 9.48. The predicted octanol–water partition coefficient (Wildman–Crippen LogP) is 3.38. The molecule has 1 N–H and O–H groups in total. The number of hydrogen-bond acceptors (Lipinski definition) is 1. The third-order valence-electron chi connectivity index (χ3n) is 2.92. The van der Waals surface area contributed by atoms with Crippen LogP contribution in [0.4, 0.5) is 0 Å². The first-order valence-corrected chi connectivity index (χ1v) is 5.32. The maximum absolute atomic E-state index is 9.57. The Morgan fingerprint density at radius 1 is 1.38 bits per heavy atom. The number of aryl methyl sites for hydroxylation is 1. The summed E-state index contributed by atoms with van der Waals surface area (Å²) >= 11 is 3.34. The fourth-order valence-electron chi connectivity index (χ4n) is 2.02. The van der Waals surface area contributed by atoms with Gasteiger partial charge in [0.2, 0.25) is 0 Å². The predicted molar refractivity (Wildman–Crippen MR) is 57.2 cm³/mol. The molecule has 0 heterocycles. The number of halogens is 1. The maximum Gasteiger partial charge on any atom is 0.130 e. The summed E-state index contributed by atoms with van der Waals surface area (Å²) in [4.78, 5) is 0. The van der Waals surface area contributed by atoms with Gasteiger partial charge in [-0.2, -0.15) is 0 Å². The van der Waals surface area contributed by atoms with Gasteiger partial charge < -0.3 is 5.11 Å². The van der Waals surface area contributed by atoms with Gasteiger partial charge in [-0.1, -0.05) is 13.8 Å². The van der Waals surface area contributed by atoms with Gasteiger partial charge in [0, 0.05) is 0 Å². The van der Waals surface area contributed by atoms with E-state index in [4.69, 9.17) is 0 Å². The van der Waals surface area contributed by atoms with Crippen LogP contribution in [-0.4, -0.2) is 5.11 Å². The van der Waals surface area contributed by atoms with Crippen LogP contribution in [0.25, 0.3) is 0 Å². The molecule has 70 valence electrons. The molecule has 0 spiro atoms. The van der Waals surface area contributed by atoms with Crippen molar-refractivity contribution in [2.24, 2.45) is 0 Å². The molecule has 0 unspecified atom stereocenters. The Morgan fingerprint density at radius 2 is 2.08 bits per heavy atom. The molecule has 0 atom stereocenters. The van der Waals surface area contributed by atoms with E-state index in [0.29, 0.717) is 5.75 Å². The van der Waals surface area contributed by atoms with Crippen LogP contribution in [0.15, 0.2) is 16.6 Å². The minimum Gasteiger partial charge on any atom is -0.507 e. The highest BCUT2D eigenvalue weighted by Crippen LogP contribution is 2.42. The summed E-state index contributed by atoms with van der Waals surface area (Å²) < 4.78 is 0.809. The molecular weight excluding hydrogens is 228 g/mol. The van der Waals surface area contributed by atoms with Crippen LogP contribution in [-0.2, 0) is 11.8 Å². The van der Waals surface area contributed by atoms with Crippen molar-refractivity contribution in [3.8, 4) is 5.75 Å². The molecule has 0 saturated carbocycles. The molecule has 1 nitrogen and oxygen atoms in total. The monoisotopic (exact) mass is 240 g/mol. The van der Waals surface area contributed by atoms with Crippen LogP contribution < -0.4 is 0 Å². The minimum absolute atomic E-state index is 0.230. The van der Waals surface area contributed by atoms with Crippen molar-refractivity contribution in [3.63, 3.8) is 0 Å². The highest BCUT2D eigenvalue weighted by molar-refractivity contribution is 9.10. The molecule has 1 aliphatic carbocycles. The zero-order chi connectivity index (χ0) is 9.64. The molecule has 0 saturated heterocycles. The van der Waals surface area contributed by atoms with Gasteiger partial charge in [0.05, 0.1) is 4.47 Å². The summed E-state index contributed by atoms with van der Waals surface area (Å²) in [5, 5.41) is 9.57. The highest BCUT2D eigenvalue weighted by atomic mass is 79.9. The number of phenols is 1. The quantitative estimate of drug-likeness (QED) is 0.738. The number of rotatable bonds is 0. The third-order valence-corrected chi connectivity index (χ3v) is 3.56. The van der Waals surface area contributed by atoms with Crippen molar-refractivity contribution in [2.75, 3.05) is 0 Å². The lowest BCUT2D eigenvalue weighted by Gasteiger charge is -2.18. The lowest BCUT2D eigenvalue weighted by Crippen LogP contribution is -2.11. The normalized spacial score (nSPS) is 18.7. The molecule has 1 aromatic rings. The van der Waals surface area contributed by atoms with Crippen LogP contribution in [0.5, 0.6) is 5.75 Å². The van der Waals surface area contributed by atoms with Gasteiger partial charge in [-0.25, -0.2) is 0 Å².